The van der Waals surface area contributed by atoms with E-state index in [2.05, 4.69) is 46.4 Å². The summed E-state index contributed by atoms with van der Waals surface area (Å²) in [5, 5.41) is 6.14. The minimum absolute atomic E-state index is 0.589. The molecular weight excluding hydrogens is 246 g/mol. The maximum Gasteiger partial charge on any atom is 0.0400 e. The van der Waals surface area contributed by atoms with Crippen LogP contribution in [-0.4, -0.2) is 35.6 Å². The van der Waals surface area contributed by atoms with Gasteiger partial charge in [-0.05, 0) is 43.0 Å². The van der Waals surface area contributed by atoms with Crippen LogP contribution < -0.4 is 5.32 Å². The lowest BCUT2D eigenvalue weighted by Crippen LogP contribution is -2.26. The molecule has 3 nitrogen and oxygen atoms in total. The summed E-state index contributed by atoms with van der Waals surface area (Å²) >= 11 is 0. The van der Waals surface area contributed by atoms with Gasteiger partial charge in [0.05, 0.1) is 0 Å². The van der Waals surface area contributed by atoms with Crippen molar-refractivity contribution in [3.8, 4) is 0 Å². The van der Waals surface area contributed by atoms with Crippen LogP contribution in [0.3, 0.4) is 0 Å². The highest BCUT2D eigenvalue weighted by molar-refractivity contribution is 5.84. The molecule has 1 fully saturated rings. The zero-order chi connectivity index (χ0) is 13.8. The molecule has 1 saturated heterocycles. The van der Waals surface area contributed by atoms with E-state index in [1.54, 1.807) is 0 Å². The molecule has 0 saturated carbocycles. The molecule has 1 aromatic heterocycles. The van der Waals surface area contributed by atoms with Crippen LogP contribution in [0.25, 0.3) is 10.8 Å². The fourth-order valence-corrected chi connectivity index (χ4v) is 2.94. The van der Waals surface area contributed by atoms with Gasteiger partial charge in [0.15, 0.2) is 0 Å². The van der Waals surface area contributed by atoms with E-state index in [4.69, 9.17) is 0 Å². The summed E-state index contributed by atoms with van der Waals surface area (Å²) in [6.45, 7) is 5.91. The molecular formula is C17H23N3. The molecule has 0 bridgehead atoms. The molecule has 1 aliphatic rings. The predicted octanol–water partition coefficient (Wildman–Crippen LogP) is 3.52. The molecule has 0 radical (unpaired) electrons. The van der Waals surface area contributed by atoms with Gasteiger partial charge >= 0.3 is 0 Å². The Morgan fingerprint density at radius 1 is 1.30 bits per heavy atom. The van der Waals surface area contributed by atoms with Crippen molar-refractivity contribution in [1.82, 2.24) is 9.88 Å². The molecule has 0 spiro atoms. The van der Waals surface area contributed by atoms with Crippen molar-refractivity contribution >= 4 is 16.5 Å². The third-order valence-corrected chi connectivity index (χ3v) is 4.11. The standard InChI is InChI=1S/C17H23N3/c1-2-3-9-20-10-7-17(13-20)19-16-5-4-15-12-18-8-6-14(15)11-16/h4-6,8,11-12,17,19H,2-3,7,9-10,13H2,1H3. The van der Waals surface area contributed by atoms with Crippen molar-refractivity contribution < 1.29 is 0 Å². The van der Waals surface area contributed by atoms with E-state index in [-0.39, 0.29) is 0 Å². The summed E-state index contributed by atoms with van der Waals surface area (Å²) in [5.74, 6) is 0. The van der Waals surface area contributed by atoms with Crippen LogP contribution in [0.4, 0.5) is 5.69 Å². The number of hydrogen-bond acceptors (Lipinski definition) is 3. The molecule has 106 valence electrons. The van der Waals surface area contributed by atoms with E-state index < -0.39 is 0 Å². The average molecular weight is 269 g/mol. The van der Waals surface area contributed by atoms with Crippen LogP contribution in [-0.2, 0) is 0 Å². The third kappa shape index (κ3) is 3.10. The van der Waals surface area contributed by atoms with Gasteiger partial charge in [-0.2, -0.15) is 0 Å². The first-order valence-electron chi connectivity index (χ1n) is 7.68. The van der Waals surface area contributed by atoms with Crippen LogP contribution >= 0.6 is 0 Å². The van der Waals surface area contributed by atoms with Gasteiger partial charge in [0, 0.05) is 42.6 Å². The number of rotatable bonds is 5. The van der Waals surface area contributed by atoms with Gasteiger partial charge in [0.25, 0.3) is 0 Å². The van der Waals surface area contributed by atoms with Gasteiger partial charge < -0.3 is 10.2 Å². The minimum Gasteiger partial charge on any atom is -0.381 e. The number of anilines is 1. The van der Waals surface area contributed by atoms with E-state index in [1.807, 2.05) is 12.4 Å². The van der Waals surface area contributed by atoms with Crippen molar-refractivity contribution in [2.24, 2.45) is 0 Å². The topological polar surface area (TPSA) is 28.2 Å². The maximum absolute atomic E-state index is 4.16. The lowest BCUT2D eigenvalue weighted by atomic mass is 10.1. The van der Waals surface area contributed by atoms with E-state index in [9.17, 15) is 0 Å². The maximum atomic E-state index is 4.16. The Morgan fingerprint density at radius 3 is 3.15 bits per heavy atom. The largest absolute Gasteiger partial charge is 0.381 e. The number of aromatic nitrogens is 1. The van der Waals surface area contributed by atoms with E-state index in [1.165, 1.54) is 55.4 Å². The quantitative estimate of drug-likeness (QED) is 0.900. The van der Waals surface area contributed by atoms with Crippen LogP contribution in [0.5, 0.6) is 0 Å². The lowest BCUT2D eigenvalue weighted by molar-refractivity contribution is 0.330. The van der Waals surface area contributed by atoms with Gasteiger partial charge in [-0.25, -0.2) is 0 Å². The second-order valence-corrected chi connectivity index (χ2v) is 5.72. The fraction of sp³-hybridized carbons (Fsp3) is 0.471. The summed E-state index contributed by atoms with van der Waals surface area (Å²) < 4.78 is 0. The molecule has 20 heavy (non-hydrogen) atoms. The van der Waals surface area contributed by atoms with Crippen LogP contribution in [0.2, 0.25) is 0 Å². The molecule has 3 heteroatoms. The van der Waals surface area contributed by atoms with Crippen molar-refractivity contribution in [3.05, 3.63) is 36.7 Å². The second kappa shape index (κ2) is 6.23. The monoisotopic (exact) mass is 269 g/mol. The number of likely N-dealkylation sites (tertiary alicyclic amines) is 1. The van der Waals surface area contributed by atoms with Gasteiger partial charge in [0.1, 0.15) is 0 Å². The van der Waals surface area contributed by atoms with Gasteiger partial charge in [-0.3, -0.25) is 4.98 Å². The predicted molar refractivity (Wildman–Crippen MR) is 85.1 cm³/mol. The zero-order valence-corrected chi connectivity index (χ0v) is 12.2. The number of nitrogens with one attached hydrogen (secondary N) is 1. The molecule has 0 aliphatic carbocycles. The Hall–Kier alpha value is -1.61. The van der Waals surface area contributed by atoms with Gasteiger partial charge in [-0.1, -0.05) is 19.4 Å². The highest BCUT2D eigenvalue weighted by Gasteiger charge is 2.21. The smallest absolute Gasteiger partial charge is 0.0400 e. The van der Waals surface area contributed by atoms with Crippen LogP contribution in [0.15, 0.2) is 36.7 Å². The average Bonchev–Trinajstić information content (AvgIpc) is 2.92. The number of nitrogens with zero attached hydrogens (tertiary/aromatic N) is 2. The molecule has 0 amide bonds. The Balaban J connectivity index is 1.62. The SMILES string of the molecule is CCCCN1CCC(Nc2ccc3cnccc3c2)C1. The lowest BCUT2D eigenvalue weighted by Gasteiger charge is -2.17. The fourth-order valence-electron chi connectivity index (χ4n) is 2.94. The summed E-state index contributed by atoms with van der Waals surface area (Å²) in [7, 11) is 0. The van der Waals surface area contributed by atoms with E-state index in [0.717, 1.165) is 0 Å². The third-order valence-electron chi connectivity index (χ3n) is 4.11. The Bertz CT molecular complexity index is 567. The van der Waals surface area contributed by atoms with E-state index >= 15 is 0 Å². The zero-order valence-electron chi connectivity index (χ0n) is 12.2. The molecule has 2 aromatic rings. The van der Waals surface area contributed by atoms with Crippen molar-refractivity contribution in [1.29, 1.82) is 0 Å². The minimum atomic E-state index is 0.589. The van der Waals surface area contributed by atoms with Crippen LogP contribution in [0.1, 0.15) is 26.2 Å². The van der Waals surface area contributed by atoms with Gasteiger partial charge in [-0.15, -0.1) is 0 Å². The number of hydrogen-bond donors (Lipinski definition) is 1. The summed E-state index contributed by atoms with van der Waals surface area (Å²) in [5.41, 5.74) is 1.23. The molecule has 1 aliphatic heterocycles. The second-order valence-electron chi connectivity index (χ2n) is 5.72. The van der Waals surface area contributed by atoms with Crippen LogP contribution in [0, 0.1) is 0 Å². The van der Waals surface area contributed by atoms with Crippen molar-refractivity contribution in [2.75, 3.05) is 25.0 Å². The number of pyridine rings is 1. The first-order valence-corrected chi connectivity index (χ1v) is 7.68. The molecule has 1 atom stereocenters. The molecule has 1 aromatic carbocycles. The highest BCUT2D eigenvalue weighted by atomic mass is 15.2. The molecule has 1 N–H and O–H groups in total. The Morgan fingerprint density at radius 2 is 2.25 bits per heavy atom. The summed E-state index contributed by atoms with van der Waals surface area (Å²) in [4.78, 5) is 6.73. The molecule has 2 heterocycles. The Kier molecular flexibility index (Phi) is 4.16. The van der Waals surface area contributed by atoms with Crippen molar-refractivity contribution in [2.45, 2.75) is 32.2 Å². The first-order chi connectivity index (χ1) is 9.85. The van der Waals surface area contributed by atoms with E-state index in [0.29, 0.717) is 6.04 Å². The summed E-state index contributed by atoms with van der Waals surface area (Å²) in [6.07, 6.45) is 7.62. The van der Waals surface area contributed by atoms with Crippen molar-refractivity contribution in [3.63, 3.8) is 0 Å². The number of unbranched alkanes of at least 4 members (excludes halogenated alkanes) is 1. The molecule has 3 rings (SSSR count). The number of fused-ring (bicyclic) bond motifs is 1. The number of benzene rings is 1. The normalized spacial score (nSPS) is 19.6. The Labute approximate surface area is 121 Å². The summed E-state index contributed by atoms with van der Waals surface area (Å²) in [6, 6.07) is 9.20. The highest BCUT2D eigenvalue weighted by Crippen LogP contribution is 2.21. The van der Waals surface area contributed by atoms with Gasteiger partial charge in [0.2, 0.25) is 0 Å². The molecule has 1 unspecified atom stereocenters. The first kappa shape index (κ1) is 13.4.